The highest BCUT2D eigenvalue weighted by atomic mass is 14.2. The molecular weight excluding hydrogens is 841 g/mol. The fourth-order valence-corrected chi connectivity index (χ4v) is 11.5. The Labute approximate surface area is 407 Å². The van der Waals surface area contributed by atoms with E-state index in [1.165, 1.54) is 142 Å². The fourth-order valence-electron chi connectivity index (χ4n) is 11.5. The first-order chi connectivity index (χ1) is 34.7. The molecule has 0 fully saturated rings. The Morgan fingerprint density at radius 3 is 0.543 bits per heavy atom. The zero-order valence-electron chi connectivity index (χ0n) is 38.4. The van der Waals surface area contributed by atoms with E-state index in [1.807, 2.05) is 0 Å². The van der Waals surface area contributed by atoms with Gasteiger partial charge in [-0.15, -0.1) is 0 Å². The summed E-state index contributed by atoms with van der Waals surface area (Å²) in [6, 6.07) is 98.9. The van der Waals surface area contributed by atoms with Crippen molar-refractivity contribution in [1.82, 2.24) is 0 Å². The van der Waals surface area contributed by atoms with E-state index in [2.05, 4.69) is 267 Å². The van der Waals surface area contributed by atoms with Crippen molar-refractivity contribution in [3.8, 4) is 66.8 Å². The van der Waals surface area contributed by atoms with Crippen LogP contribution >= 0.6 is 0 Å². The molecule has 14 rings (SSSR count). The lowest BCUT2D eigenvalue weighted by Crippen LogP contribution is -1.92. The van der Waals surface area contributed by atoms with Gasteiger partial charge in [-0.1, -0.05) is 231 Å². The number of benzene rings is 14. The molecule has 0 unspecified atom stereocenters. The third kappa shape index (κ3) is 6.61. The van der Waals surface area contributed by atoms with Gasteiger partial charge in [0.25, 0.3) is 0 Å². The van der Waals surface area contributed by atoms with Gasteiger partial charge in [-0.2, -0.15) is 0 Å². The van der Waals surface area contributed by atoms with Gasteiger partial charge in [-0.05, 0) is 179 Å². The third-order valence-electron chi connectivity index (χ3n) is 14.8. The minimum atomic E-state index is 1.22. The molecule has 14 aromatic carbocycles. The lowest BCUT2D eigenvalue weighted by molar-refractivity contribution is 1.64. The Balaban J connectivity index is 0.876. The van der Waals surface area contributed by atoms with Crippen LogP contribution in [0.25, 0.3) is 142 Å². The van der Waals surface area contributed by atoms with Crippen LogP contribution in [0.5, 0.6) is 0 Å². The Morgan fingerprint density at radius 2 is 0.314 bits per heavy atom. The number of hydrogen-bond acceptors (Lipinski definition) is 0. The predicted molar refractivity (Wildman–Crippen MR) is 302 cm³/mol. The molecule has 0 spiro atoms. The van der Waals surface area contributed by atoms with Crippen molar-refractivity contribution in [1.29, 1.82) is 0 Å². The van der Waals surface area contributed by atoms with Gasteiger partial charge in [0.1, 0.15) is 0 Å². The molecule has 0 N–H and O–H groups in total. The van der Waals surface area contributed by atoms with Crippen molar-refractivity contribution in [2.24, 2.45) is 0 Å². The zero-order valence-corrected chi connectivity index (χ0v) is 38.4. The van der Waals surface area contributed by atoms with E-state index in [4.69, 9.17) is 0 Å². The van der Waals surface area contributed by atoms with E-state index in [1.54, 1.807) is 0 Å². The summed E-state index contributed by atoms with van der Waals surface area (Å²) < 4.78 is 0. The maximum Gasteiger partial charge on any atom is -0.00262 e. The highest BCUT2D eigenvalue weighted by molar-refractivity contribution is 6.24. The second-order valence-electron chi connectivity index (χ2n) is 18.7. The Kier molecular flexibility index (Phi) is 9.32. The van der Waals surface area contributed by atoms with Gasteiger partial charge in [0.2, 0.25) is 0 Å². The minimum Gasteiger partial charge on any atom is -0.0622 e. The first kappa shape index (κ1) is 40.0. The smallest absolute Gasteiger partial charge is 0.00262 e. The zero-order chi connectivity index (χ0) is 46.1. The number of hydrogen-bond donors (Lipinski definition) is 0. The average Bonchev–Trinajstić information content (AvgIpc) is 3.43. The lowest BCUT2D eigenvalue weighted by atomic mass is 9.84. The first-order valence-corrected chi connectivity index (χ1v) is 24.3. The molecule has 0 nitrogen and oxygen atoms in total. The van der Waals surface area contributed by atoms with Crippen molar-refractivity contribution in [3.63, 3.8) is 0 Å². The predicted octanol–water partition coefficient (Wildman–Crippen LogP) is 19.8. The van der Waals surface area contributed by atoms with Crippen LogP contribution in [0.1, 0.15) is 0 Å². The molecule has 0 aliphatic rings. The lowest BCUT2D eigenvalue weighted by Gasteiger charge is -2.19. The molecule has 0 saturated heterocycles. The Morgan fingerprint density at radius 1 is 0.129 bits per heavy atom. The van der Waals surface area contributed by atoms with E-state index in [0.717, 1.165) is 0 Å². The third-order valence-corrected chi connectivity index (χ3v) is 14.8. The van der Waals surface area contributed by atoms with Crippen LogP contribution in [-0.4, -0.2) is 0 Å². The molecule has 14 aromatic rings. The van der Waals surface area contributed by atoms with Gasteiger partial charge in [0, 0.05) is 0 Å². The van der Waals surface area contributed by atoms with Gasteiger partial charge in [-0.25, -0.2) is 0 Å². The summed E-state index contributed by atoms with van der Waals surface area (Å²) in [6.07, 6.45) is 0. The molecule has 0 aliphatic carbocycles. The van der Waals surface area contributed by atoms with Crippen LogP contribution in [0.4, 0.5) is 0 Å². The molecular formula is C70H44. The maximum absolute atomic E-state index is 2.40. The molecule has 0 atom stereocenters. The van der Waals surface area contributed by atoms with Crippen LogP contribution in [0.3, 0.4) is 0 Å². The topological polar surface area (TPSA) is 0 Å². The minimum absolute atomic E-state index is 1.22. The summed E-state index contributed by atoms with van der Waals surface area (Å²) in [5.41, 5.74) is 14.9. The average molecular weight is 885 g/mol. The second-order valence-corrected chi connectivity index (χ2v) is 18.7. The standard InChI is InChI=1S/C70H44/c1-3-15-45(16-4-1)47-27-29-51-41-55(35-31-49(51)39-47)67-59-19-7-11-23-63(59)69(64-24-12-8-20-60(64)67)57-37-33-54-44-58(38-34-53(54)43-57)70-65-25-13-9-21-61(65)68(62-22-10-14-26-66(62)70)56-36-32-50-40-48(28-30-52(50)42-56)46-17-5-2-6-18-46/h1-44H. The SMILES string of the molecule is c1ccc(-c2ccc3cc(-c4c5ccccc5c(-c5ccc6cc(-c7c8ccccc8c(-c8ccc9cc(-c%10ccccc%10)ccc9c8)c8ccccc78)ccc6c5)c5ccccc45)ccc3c2)cc1. The first-order valence-electron chi connectivity index (χ1n) is 24.3. The molecule has 0 saturated carbocycles. The van der Waals surface area contributed by atoms with E-state index >= 15 is 0 Å². The highest BCUT2D eigenvalue weighted by Crippen LogP contribution is 2.47. The van der Waals surface area contributed by atoms with Crippen molar-refractivity contribution in [3.05, 3.63) is 267 Å². The second kappa shape index (κ2) is 16.3. The van der Waals surface area contributed by atoms with E-state index in [9.17, 15) is 0 Å². The number of rotatable bonds is 6. The van der Waals surface area contributed by atoms with Crippen LogP contribution < -0.4 is 0 Å². The largest absolute Gasteiger partial charge is 0.0622 e. The van der Waals surface area contributed by atoms with Crippen molar-refractivity contribution >= 4 is 75.4 Å². The van der Waals surface area contributed by atoms with Gasteiger partial charge in [-0.3, -0.25) is 0 Å². The molecule has 0 aromatic heterocycles. The van der Waals surface area contributed by atoms with Crippen LogP contribution in [0, 0.1) is 0 Å². The fraction of sp³-hybridized carbons (Fsp3) is 0. The van der Waals surface area contributed by atoms with Crippen LogP contribution in [0.15, 0.2) is 267 Å². The van der Waals surface area contributed by atoms with Crippen LogP contribution in [-0.2, 0) is 0 Å². The summed E-state index contributed by atoms with van der Waals surface area (Å²) in [7, 11) is 0. The summed E-state index contributed by atoms with van der Waals surface area (Å²) >= 11 is 0. The summed E-state index contributed by atoms with van der Waals surface area (Å²) in [4.78, 5) is 0. The normalized spacial score (nSPS) is 11.7. The van der Waals surface area contributed by atoms with Gasteiger partial charge in [0.05, 0.1) is 0 Å². The van der Waals surface area contributed by atoms with Gasteiger partial charge < -0.3 is 0 Å². The van der Waals surface area contributed by atoms with Gasteiger partial charge >= 0.3 is 0 Å². The summed E-state index contributed by atoms with van der Waals surface area (Å²) in [5, 5.41) is 17.5. The highest BCUT2D eigenvalue weighted by Gasteiger charge is 2.20. The monoisotopic (exact) mass is 884 g/mol. The van der Waals surface area contributed by atoms with Crippen molar-refractivity contribution in [2.75, 3.05) is 0 Å². The molecule has 0 amide bonds. The molecule has 0 heteroatoms. The van der Waals surface area contributed by atoms with Crippen molar-refractivity contribution in [2.45, 2.75) is 0 Å². The summed E-state index contributed by atoms with van der Waals surface area (Å²) in [6.45, 7) is 0. The molecule has 0 heterocycles. The molecule has 324 valence electrons. The van der Waals surface area contributed by atoms with Crippen molar-refractivity contribution < 1.29 is 0 Å². The van der Waals surface area contributed by atoms with E-state index in [0.29, 0.717) is 0 Å². The Bertz CT molecular complexity index is 3990. The van der Waals surface area contributed by atoms with Crippen LogP contribution in [0.2, 0.25) is 0 Å². The molecule has 0 radical (unpaired) electrons. The summed E-state index contributed by atoms with van der Waals surface area (Å²) in [5.74, 6) is 0. The number of fused-ring (bicyclic) bond motifs is 7. The molecule has 0 aliphatic heterocycles. The quantitative estimate of drug-likeness (QED) is 0.146. The van der Waals surface area contributed by atoms with E-state index in [-0.39, 0.29) is 0 Å². The van der Waals surface area contributed by atoms with Gasteiger partial charge in [0.15, 0.2) is 0 Å². The maximum atomic E-state index is 2.40. The molecule has 0 bridgehead atoms. The Hall–Kier alpha value is -9.10. The van der Waals surface area contributed by atoms with E-state index < -0.39 is 0 Å². The molecule has 70 heavy (non-hydrogen) atoms.